The average Bonchev–Trinajstić information content (AvgIpc) is 2.46. The van der Waals surface area contributed by atoms with Crippen molar-refractivity contribution < 1.29 is 4.74 Å². The predicted molar refractivity (Wildman–Crippen MR) is 78.6 cm³/mol. The first kappa shape index (κ1) is 15.0. The van der Waals surface area contributed by atoms with Gasteiger partial charge in [-0.05, 0) is 6.92 Å². The lowest BCUT2D eigenvalue weighted by Gasteiger charge is -2.10. The molecule has 7 nitrogen and oxygen atoms in total. The van der Waals surface area contributed by atoms with Crippen LogP contribution in [0.15, 0.2) is 34.0 Å². The van der Waals surface area contributed by atoms with Crippen LogP contribution in [0.2, 0.25) is 0 Å². The number of methoxy groups -OCH3 is 1. The Bertz CT molecular complexity index is 749. The minimum atomic E-state index is -0.393. The van der Waals surface area contributed by atoms with E-state index < -0.39 is 5.69 Å². The topological polar surface area (TPSA) is 92.1 Å². The monoisotopic (exact) mass is 290 g/mol. The van der Waals surface area contributed by atoms with E-state index in [0.717, 1.165) is 10.3 Å². The quantitative estimate of drug-likeness (QED) is 0.818. The minimum absolute atomic E-state index is 0.197. The van der Waals surface area contributed by atoms with Crippen molar-refractivity contribution in [3.8, 4) is 5.75 Å². The van der Waals surface area contributed by atoms with E-state index >= 15 is 0 Å². The fourth-order valence-corrected chi connectivity index (χ4v) is 2.09. The number of aryl methyl sites for hydroxylation is 1. The summed E-state index contributed by atoms with van der Waals surface area (Å²) in [7, 11) is 1.58. The van der Waals surface area contributed by atoms with Crippen molar-refractivity contribution in [2.24, 2.45) is 5.73 Å². The third-order valence-corrected chi connectivity index (χ3v) is 3.04. The summed E-state index contributed by atoms with van der Waals surface area (Å²) in [6.45, 7) is 2.55. The fourth-order valence-electron chi connectivity index (χ4n) is 2.09. The van der Waals surface area contributed by atoms with Gasteiger partial charge >= 0.3 is 5.69 Å². The Balaban J connectivity index is 2.40. The number of nitrogens with zero attached hydrogens (tertiary/aromatic N) is 3. The molecular formula is C14H18N4O3. The summed E-state index contributed by atoms with van der Waals surface area (Å²) >= 11 is 0. The van der Waals surface area contributed by atoms with Crippen LogP contribution in [0.1, 0.15) is 11.4 Å². The molecule has 0 radical (unpaired) electrons. The summed E-state index contributed by atoms with van der Waals surface area (Å²) < 4.78 is 7.73. The Labute approximate surface area is 121 Å². The number of aromatic nitrogens is 3. The molecule has 21 heavy (non-hydrogen) atoms. The largest absolute Gasteiger partial charge is 0.497 e. The summed E-state index contributed by atoms with van der Waals surface area (Å²) in [5, 5.41) is 0. The lowest BCUT2D eigenvalue weighted by Crippen LogP contribution is -2.40. The number of ether oxygens (including phenoxy) is 1. The Morgan fingerprint density at radius 3 is 2.76 bits per heavy atom. The van der Waals surface area contributed by atoms with E-state index in [-0.39, 0.29) is 25.2 Å². The van der Waals surface area contributed by atoms with Crippen LogP contribution in [0.25, 0.3) is 0 Å². The standard InChI is InChI=1S/C14H18N4O3/c1-10-7-12(21-2)8-11(16-10)9-17-5-3-13(19)18(6-4-15)14(17)20/h3,5,7-8H,4,6,9,15H2,1-2H3. The maximum absolute atomic E-state index is 12.2. The van der Waals surface area contributed by atoms with E-state index in [0.29, 0.717) is 11.4 Å². The van der Waals surface area contributed by atoms with Gasteiger partial charge in [-0.25, -0.2) is 4.79 Å². The van der Waals surface area contributed by atoms with Gasteiger partial charge in [-0.2, -0.15) is 0 Å². The van der Waals surface area contributed by atoms with Gasteiger partial charge in [-0.15, -0.1) is 0 Å². The van der Waals surface area contributed by atoms with Gasteiger partial charge in [-0.1, -0.05) is 0 Å². The molecule has 2 aromatic heterocycles. The van der Waals surface area contributed by atoms with Gasteiger partial charge in [0.25, 0.3) is 5.56 Å². The van der Waals surface area contributed by atoms with Crippen LogP contribution in [0.5, 0.6) is 5.75 Å². The SMILES string of the molecule is COc1cc(C)nc(Cn2ccc(=O)n(CCN)c2=O)c1. The van der Waals surface area contributed by atoms with Crippen molar-refractivity contribution in [2.45, 2.75) is 20.0 Å². The maximum Gasteiger partial charge on any atom is 0.331 e. The van der Waals surface area contributed by atoms with Crippen LogP contribution in [0.4, 0.5) is 0 Å². The molecule has 0 saturated carbocycles. The van der Waals surface area contributed by atoms with E-state index in [1.54, 1.807) is 13.2 Å². The van der Waals surface area contributed by atoms with Gasteiger partial charge in [0.15, 0.2) is 0 Å². The molecule has 2 aromatic rings. The van der Waals surface area contributed by atoms with Gasteiger partial charge in [-0.3, -0.25) is 18.9 Å². The van der Waals surface area contributed by atoms with Crippen molar-refractivity contribution in [1.82, 2.24) is 14.1 Å². The molecule has 0 unspecified atom stereocenters. The molecule has 0 amide bonds. The Kier molecular flexibility index (Phi) is 4.54. The molecule has 112 valence electrons. The normalized spacial score (nSPS) is 10.6. The second-order valence-electron chi connectivity index (χ2n) is 4.64. The highest BCUT2D eigenvalue weighted by atomic mass is 16.5. The van der Waals surface area contributed by atoms with Crippen LogP contribution in [-0.4, -0.2) is 27.8 Å². The van der Waals surface area contributed by atoms with E-state index in [1.165, 1.54) is 16.8 Å². The highest BCUT2D eigenvalue weighted by Gasteiger charge is 2.07. The zero-order valence-corrected chi connectivity index (χ0v) is 12.1. The average molecular weight is 290 g/mol. The van der Waals surface area contributed by atoms with E-state index in [9.17, 15) is 9.59 Å². The van der Waals surface area contributed by atoms with Gasteiger partial charge in [0.1, 0.15) is 5.75 Å². The number of hydrogen-bond acceptors (Lipinski definition) is 5. The number of rotatable bonds is 5. The molecule has 0 aliphatic carbocycles. The molecule has 0 saturated heterocycles. The van der Waals surface area contributed by atoms with Crippen molar-refractivity contribution in [2.75, 3.05) is 13.7 Å². The summed E-state index contributed by atoms with van der Waals surface area (Å²) in [5.41, 5.74) is 6.16. The molecule has 0 atom stereocenters. The highest BCUT2D eigenvalue weighted by Crippen LogP contribution is 2.13. The maximum atomic E-state index is 12.2. The van der Waals surface area contributed by atoms with Crippen LogP contribution >= 0.6 is 0 Å². The highest BCUT2D eigenvalue weighted by molar-refractivity contribution is 5.26. The molecule has 2 heterocycles. The number of nitrogens with two attached hydrogens (primary N) is 1. The molecular weight excluding hydrogens is 272 g/mol. The summed E-state index contributed by atoms with van der Waals surface area (Å²) in [6.07, 6.45) is 1.47. The molecule has 0 aliphatic heterocycles. The van der Waals surface area contributed by atoms with Gasteiger partial charge in [0.05, 0.1) is 19.3 Å². The van der Waals surface area contributed by atoms with E-state index in [4.69, 9.17) is 10.5 Å². The molecule has 0 aliphatic rings. The molecule has 2 N–H and O–H groups in total. The Morgan fingerprint density at radius 2 is 2.10 bits per heavy atom. The fraction of sp³-hybridized carbons (Fsp3) is 0.357. The minimum Gasteiger partial charge on any atom is -0.497 e. The van der Waals surface area contributed by atoms with Crippen molar-refractivity contribution in [3.05, 3.63) is 56.6 Å². The molecule has 0 bridgehead atoms. The van der Waals surface area contributed by atoms with Crippen LogP contribution in [0, 0.1) is 6.92 Å². The molecule has 7 heteroatoms. The van der Waals surface area contributed by atoms with E-state index in [2.05, 4.69) is 4.98 Å². The first-order valence-corrected chi connectivity index (χ1v) is 6.57. The summed E-state index contributed by atoms with van der Waals surface area (Å²) in [5.74, 6) is 0.681. The molecule has 0 spiro atoms. The zero-order chi connectivity index (χ0) is 15.4. The van der Waals surface area contributed by atoms with Gasteiger partial charge in [0, 0.05) is 43.2 Å². The third-order valence-electron chi connectivity index (χ3n) is 3.04. The summed E-state index contributed by atoms with van der Waals surface area (Å²) in [4.78, 5) is 28.2. The Morgan fingerprint density at radius 1 is 1.33 bits per heavy atom. The number of pyridine rings is 1. The smallest absolute Gasteiger partial charge is 0.331 e. The first-order chi connectivity index (χ1) is 10.0. The number of hydrogen-bond donors (Lipinski definition) is 1. The Hall–Kier alpha value is -2.41. The lowest BCUT2D eigenvalue weighted by molar-refractivity contribution is 0.412. The van der Waals surface area contributed by atoms with Crippen molar-refractivity contribution in [1.29, 1.82) is 0 Å². The zero-order valence-electron chi connectivity index (χ0n) is 12.1. The first-order valence-electron chi connectivity index (χ1n) is 6.57. The van der Waals surface area contributed by atoms with Crippen LogP contribution < -0.4 is 21.7 Å². The van der Waals surface area contributed by atoms with Crippen LogP contribution in [-0.2, 0) is 13.1 Å². The second-order valence-corrected chi connectivity index (χ2v) is 4.64. The second kappa shape index (κ2) is 6.36. The van der Waals surface area contributed by atoms with Gasteiger partial charge in [0.2, 0.25) is 0 Å². The van der Waals surface area contributed by atoms with Crippen molar-refractivity contribution >= 4 is 0 Å². The predicted octanol–water partition coefficient (Wildman–Crippen LogP) is -0.271. The molecule has 0 fully saturated rings. The third kappa shape index (κ3) is 3.38. The van der Waals surface area contributed by atoms with Crippen molar-refractivity contribution in [3.63, 3.8) is 0 Å². The summed E-state index contributed by atoms with van der Waals surface area (Å²) in [6, 6.07) is 4.92. The molecule has 0 aromatic carbocycles. The van der Waals surface area contributed by atoms with E-state index in [1.807, 2.05) is 13.0 Å². The van der Waals surface area contributed by atoms with Crippen LogP contribution in [0.3, 0.4) is 0 Å². The lowest BCUT2D eigenvalue weighted by atomic mass is 10.3. The molecule has 2 rings (SSSR count). The van der Waals surface area contributed by atoms with Gasteiger partial charge < -0.3 is 10.5 Å².